The van der Waals surface area contributed by atoms with Crippen molar-refractivity contribution in [2.75, 3.05) is 25.1 Å². The fraction of sp³-hybridized carbons (Fsp3) is 0.409. The second-order valence-corrected chi connectivity index (χ2v) is 7.92. The summed E-state index contributed by atoms with van der Waals surface area (Å²) in [6, 6.07) is 7.99. The van der Waals surface area contributed by atoms with Gasteiger partial charge in [0.1, 0.15) is 5.82 Å². The van der Waals surface area contributed by atoms with E-state index in [1.807, 2.05) is 31.2 Å². The van der Waals surface area contributed by atoms with Gasteiger partial charge in [-0.3, -0.25) is 4.79 Å². The monoisotopic (exact) mass is 392 g/mol. The molecule has 29 heavy (non-hydrogen) atoms. The van der Waals surface area contributed by atoms with Gasteiger partial charge in [0.15, 0.2) is 11.7 Å². The molecule has 2 aromatic heterocycles. The highest BCUT2D eigenvalue weighted by Gasteiger charge is 2.50. The fourth-order valence-electron chi connectivity index (χ4n) is 4.31. The van der Waals surface area contributed by atoms with Crippen LogP contribution in [-0.4, -0.2) is 41.7 Å². The third-order valence-corrected chi connectivity index (χ3v) is 6.16. The summed E-state index contributed by atoms with van der Waals surface area (Å²) in [5.41, 5.74) is 0.539. The van der Waals surface area contributed by atoms with Gasteiger partial charge in [-0.05, 0) is 30.4 Å². The molecule has 7 heteroatoms. The molecular weight excluding hydrogens is 368 g/mol. The molecule has 3 aromatic rings. The average molecular weight is 392 g/mol. The van der Waals surface area contributed by atoms with E-state index in [9.17, 15) is 4.79 Å². The lowest BCUT2D eigenvalue weighted by Gasteiger charge is -2.47. The molecule has 1 aliphatic heterocycles. The number of carbonyl (C=O) groups excluding carboxylic acids is 1. The highest BCUT2D eigenvalue weighted by Crippen LogP contribution is 2.45. The van der Waals surface area contributed by atoms with E-state index in [1.54, 1.807) is 12.4 Å². The zero-order valence-electron chi connectivity index (χ0n) is 16.4. The summed E-state index contributed by atoms with van der Waals surface area (Å²) in [5, 5.41) is 8.51. The van der Waals surface area contributed by atoms with E-state index in [0.717, 1.165) is 47.9 Å². The van der Waals surface area contributed by atoms with Gasteiger partial charge in [-0.1, -0.05) is 18.6 Å². The zero-order valence-corrected chi connectivity index (χ0v) is 16.4. The lowest BCUT2D eigenvalue weighted by Crippen LogP contribution is -2.60. The summed E-state index contributed by atoms with van der Waals surface area (Å²) >= 11 is 0. The number of amides is 1. The van der Waals surface area contributed by atoms with Gasteiger partial charge < -0.3 is 19.8 Å². The van der Waals surface area contributed by atoms with Crippen LogP contribution in [0.3, 0.4) is 0 Å². The third-order valence-electron chi connectivity index (χ3n) is 6.16. The minimum Gasteiger partial charge on any atom is -0.441 e. The molecule has 1 saturated heterocycles. The molecule has 1 aliphatic carbocycles. The number of nitrogens with zero attached hydrogens (tertiary/aromatic N) is 2. The Morgan fingerprint density at radius 1 is 1.21 bits per heavy atom. The maximum Gasteiger partial charge on any atom is 0.233 e. The van der Waals surface area contributed by atoms with Crippen molar-refractivity contribution in [3.05, 3.63) is 42.5 Å². The van der Waals surface area contributed by atoms with Crippen molar-refractivity contribution in [1.29, 1.82) is 0 Å². The predicted octanol–water partition coefficient (Wildman–Crippen LogP) is 3.30. The van der Waals surface area contributed by atoms with Crippen molar-refractivity contribution < 1.29 is 13.9 Å². The number of hydrogen-bond acceptors (Lipinski definition) is 6. The molecule has 1 unspecified atom stereocenters. The number of aryl methyl sites for hydroxylation is 1. The largest absolute Gasteiger partial charge is 0.441 e. The highest BCUT2D eigenvalue weighted by atomic mass is 16.5. The average Bonchev–Trinajstić information content (AvgIpc) is 3.14. The minimum atomic E-state index is -0.406. The lowest BCUT2D eigenvalue weighted by molar-refractivity contribution is -0.136. The Bertz CT molecular complexity index is 1050. The molecule has 150 valence electrons. The first-order chi connectivity index (χ1) is 14.1. The van der Waals surface area contributed by atoms with Crippen LogP contribution in [0.5, 0.6) is 0 Å². The van der Waals surface area contributed by atoms with Crippen molar-refractivity contribution >= 4 is 22.5 Å². The van der Waals surface area contributed by atoms with Crippen LogP contribution in [-0.2, 0) is 9.53 Å². The topological polar surface area (TPSA) is 89.3 Å². The maximum absolute atomic E-state index is 13.2. The number of fused-ring (bicyclic) bond motifs is 1. The van der Waals surface area contributed by atoms with Gasteiger partial charge in [0, 0.05) is 36.7 Å². The number of nitrogens with one attached hydrogen (secondary N) is 2. The summed E-state index contributed by atoms with van der Waals surface area (Å²) in [7, 11) is 0. The van der Waals surface area contributed by atoms with E-state index in [0.29, 0.717) is 24.9 Å². The summed E-state index contributed by atoms with van der Waals surface area (Å²) in [4.78, 5) is 21.8. The van der Waals surface area contributed by atoms with Crippen LogP contribution in [0.1, 0.15) is 25.2 Å². The third kappa shape index (κ3) is 3.30. The molecule has 3 heterocycles. The van der Waals surface area contributed by atoms with Crippen molar-refractivity contribution in [2.45, 2.75) is 32.2 Å². The van der Waals surface area contributed by atoms with Crippen LogP contribution in [0.4, 0.5) is 5.82 Å². The van der Waals surface area contributed by atoms with Gasteiger partial charge in [0.2, 0.25) is 5.91 Å². The number of aromatic nitrogens is 2. The summed E-state index contributed by atoms with van der Waals surface area (Å²) < 4.78 is 11.2. The molecule has 1 amide bonds. The predicted molar refractivity (Wildman–Crippen MR) is 110 cm³/mol. The number of ether oxygens (including phenoxy) is 1. The molecule has 5 rings (SSSR count). The molecule has 1 atom stereocenters. The molecule has 1 aromatic carbocycles. The smallest absolute Gasteiger partial charge is 0.233 e. The molecular formula is C22H24N4O3. The molecule has 1 saturated carbocycles. The van der Waals surface area contributed by atoms with E-state index in [-0.39, 0.29) is 11.9 Å². The first kappa shape index (κ1) is 18.3. The summed E-state index contributed by atoms with van der Waals surface area (Å²) in [6.07, 6.45) is 6.33. The Kier molecular flexibility index (Phi) is 4.56. The Morgan fingerprint density at radius 3 is 2.79 bits per heavy atom. The zero-order chi connectivity index (χ0) is 19.8. The summed E-state index contributed by atoms with van der Waals surface area (Å²) in [6.45, 7) is 3.90. The van der Waals surface area contributed by atoms with Crippen molar-refractivity contribution in [3.63, 3.8) is 0 Å². The van der Waals surface area contributed by atoms with Crippen molar-refractivity contribution in [3.8, 4) is 11.3 Å². The highest BCUT2D eigenvalue weighted by molar-refractivity contribution is 5.97. The Hall–Kier alpha value is -2.77. The van der Waals surface area contributed by atoms with Gasteiger partial charge in [-0.15, -0.1) is 0 Å². The van der Waals surface area contributed by atoms with E-state index in [4.69, 9.17) is 9.15 Å². The molecule has 0 bridgehead atoms. The normalized spacial score (nSPS) is 20.9. The first-order valence-electron chi connectivity index (χ1n) is 10.1. The van der Waals surface area contributed by atoms with Crippen LogP contribution < -0.4 is 10.6 Å². The Labute approximate surface area is 168 Å². The Balaban J connectivity index is 1.40. The number of morpholine rings is 1. The van der Waals surface area contributed by atoms with E-state index in [1.165, 1.54) is 0 Å². The van der Waals surface area contributed by atoms with Crippen molar-refractivity contribution in [2.24, 2.45) is 5.41 Å². The number of rotatable bonds is 4. The molecule has 2 aliphatic rings. The second kappa shape index (κ2) is 7.24. The van der Waals surface area contributed by atoms with Crippen LogP contribution in [0.15, 0.2) is 41.1 Å². The van der Waals surface area contributed by atoms with Crippen LogP contribution in [0.25, 0.3) is 22.1 Å². The van der Waals surface area contributed by atoms with Gasteiger partial charge in [0.25, 0.3) is 0 Å². The molecule has 2 fully saturated rings. The van der Waals surface area contributed by atoms with E-state index < -0.39 is 5.41 Å². The number of carbonyl (C=O) groups is 1. The van der Waals surface area contributed by atoms with E-state index >= 15 is 0 Å². The van der Waals surface area contributed by atoms with Crippen LogP contribution in [0.2, 0.25) is 0 Å². The first-order valence-corrected chi connectivity index (χ1v) is 10.1. The molecule has 7 nitrogen and oxygen atoms in total. The number of pyridine rings is 1. The van der Waals surface area contributed by atoms with E-state index in [2.05, 4.69) is 20.6 Å². The number of hydrogen-bond donors (Lipinski definition) is 2. The SMILES string of the molecule is Cc1ncc(-c2ccc3cnc(NC(=O)C4(C5COCCN5)CCC4)cc3c2)o1. The van der Waals surface area contributed by atoms with Crippen molar-refractivity contribution in [1.82, 2.24) is 15.3 Å². The van der Waals surface area contributed by atoms with Gasteiger partial charge in [0.05, 0.1) is 24.8 Å². The quantitative estimate of drug-likeness (QED) is 0.708. The Morgan fingerprint density at radius 2 is 2.10 bits per heavy atom. The minimum absolute atomic E-state index is 0.0283. The van der Waals surface area contributed by atoms with Crippen LogP contribution in [0, 0.1) is 12.3 Å². The summed E-state index contributed by atoms with van der Waals surface area (Å²) in [5.74, 6) is 1.95. The number of oxazole rings is 1. The number of benzene rings is 1. The van der Waals surface area contributed by atoms with Crippen LogP contribution >= 0.6 is 0 Å². The fourth-order valence-corrected chi connectivity index (χ4v) is 4.31. The van der Waals surface area contributed by atoms with Gasteiger partial charge >= 0.3 is 0 Å². The molecule has 2 N–H and O–H groups in total. The standard InChI is InChI=1S/C22H24N4O3/c1-14-24-12-18(29-14)15-3-4-16-11-25-20(10-17(16)9-15)26-21(27)22(5-2-6-22)19-13-28-8-7-23-19/h3-4,9-12,19,23H,2,5-8,13H2,1H3,(H,25,26,27). The number of anilines is 1. The maximum atomic E-state index is 13.2. The lowest BCUT2D eigenvalue weighted by atomic mass is 9.63. The molecule has 0 radical (unpaired) electrons. The second-order valence-electron chi connectivity index (χ2n) is 7.92. The van der Waals surface area contributed by atoms with Gasteiger partial charge in [-0.25, -0.2) is 9.97 Å². The molecule has 0 spiro atoms. The van der Waals surface area contributed by atoms with Gasteiger partial charge in [-0.2, -0.15) is 0 Å².